The Morgan fingerprint density at radius 3 is 1.39 bits per heavy atom. The number of ketones is 2. The van der Waals surface area contributed by atoms with Gasteiger partial charge in [0.15, 0.2) is 11.6 Å². The Morgan fingerprint density at radius 2 is 1.02 bits per heavy atom. The van der Waals surface area contributed by atoms with Gasteiger partial charge in [0, 0.05) is 23.7 Å². The number of allylic oxidation sites excluding steroid dienone is 2. The zero-order chi connectivity index (χ0) is 32.5. The summed E-state index contributed by atoms with van der Waals surface area (Å²) in [7, 11) is 0. The number of hydrogen-bond acceptors (Lipinski definition) is 4. The van der Waals surface area contributed by atoms with Crippen LogP contribution >= 0.6 is 0 Å². The van der Waals surface area contributed by atoms with Gasteiger partial charge in [0.25, 0.3) is 0 Å². The molecule has 4 nitrogen and oxygen atoms in total. The fraction of sp³-hybridized carbons (Fsp3) is 0.762. The molecular weight excluding hydrogens is 568 g/mol. The Labute approximate surface area is 277 Å². The number of carbonyl (C=O) groups is 2. The molecule has 8 aliphatic carbocycles. The highest BCUT2D eigenvalue weighted by Crippen LogP contribution is 2.67. The first-order valence-corrected chi connectivity index (χ1v) is 19.0. The maximum Gasteiger partial charge on any atom is 0.155 e. The molecule has 0 aliphatic heterocycles. The summed E-state index contributed by atoms with van der Waals surface area (Å²) in [5, 5.41) is 22.2. The molecule has 6 saturated carbocycles. The predicted molar refractivity (Wildman–Crippen MR) is 181 cm³/mol. The normalized spacial score (nSPS) is 48.7. The van der Waals surface area contributed by atoms with E-state index >= 15 is 0 Å². The Bertz CT molecular complexity index is 1300. The van der Waals surface area contributed by atoms with Gasteiger partial charge in [0.2, 0.25) is 0 Å². The van der Waals surface area contributed by atoms with E-state index in [4.69, 9.17) is 12.8 Å². The van der Waals surface area contributed by atoms with E-state index in [-0.39, 0.29) is 10.8 Å². The highest BCUT2D eigenvalue weighted by molar-refractivity contribution is 5.91. The van der Waals surface area contributed by atoms with E-state index in [1.54, 1.807) is 0 Å². The fourth-order valence-electron chi connectivity index (χ4n) is 13.9. The van der Waals surface area contributed by atoms with Crippen molar-refractivity contribution in [3.8, 4) is 24.7 Å². The standard InChI is InChI=1S/2C21H28O2/c2*1-3-20-11-9-17-16-8-6-15(22)13-14(16)5-7-18(17)19(20)10-12-21(20,23)4-2/h2*2,13,16-19,23H,3,5-12H2,1H3. The Hall–Kier alpha value is -2.14. The molecule has 8 aliphatic rings. The van der Waals surface area contributed by atoms with Crippen molar-refractivity contribution in [3.63, 3.8) is 0 Å². The second-order valence-corrected chi connectivity index (χ2v) is 16.8. The number of aliphatic hydroxyl groups is 2. The molecule has 4 heteroatoms. The number of rotatable bonds is 2. The van der Waals surface area contributed by atoms with Crippen molar-refractivity contribution in [3.05, 3.63) is 23.3 Å². The second kappa shape index (κ2) is 11.8. The van der Waals surface area contributed by atoms with Gasteiger partial charge in [0.1, 0.15) is 11.2 Å². The molecule has 0 radical (unpaired) electrons. The molecule has 0 spiro atoms. The minimum absolute atomic E-state index is 0.0609. The van der Waals surface area contributed by atoms with Gasteiger partial charge in [-0.15, -0.1) is 12.8 Å². The molecule has 0 saturated heterocycles. The van der Waals surface area contributed by atoms with E-state index in [1.807, 2.05) is 12.2 Å². The SMILES string of the molecule is C#CC1(O)CCC2C3CCC4=CC(=O)CCC4C3CCC21CC.C#CC1(O)CCC2C3CCC4=CC(=O)CCC4C3CCC21CC. The monoisotopic (exact) mass is 624 g/mol. The van der Waals surface area contributed by atoms with E-state index in [0.29, 0.717) is 58.9 Å². The van der Waals surface area contributed by atoms with Crippen LogP contribution in [0.1, 0.15) is 129 Å². The van der Waals surface area contributed by atoms with E-state index in [1.165, 1.54) is 36.8 Å². The molecule has 2 N–H and O–H groups in total. The van der Waals surface area contributed by atoms with Crippen LogP contribution in [0, 0.1) is 82.9 Å². The van der Waals surface area contributed by atoms with Crippen LogP contribution < -0.4 is 0 Å². The summed E-state index contributed by atoms with van der Waals surface area (Å²) in [6, 6.07) is 0. The van der Waals surface area contributed by atoms with E-state index < -0.39 is 11.2 Å². The third-order valence-electron chi connectivity index (χ3n) is 16.0. The maximum absolute atomic E-state index is 11.8. The van der Waals surface area contributed by atoms with Crippen molar-refractivity contribution in [1.82, 2.24) is 0 Å². The molecule has 0 heterocycles. The van der Waals surface area contributed by atoms with Gasteiger partial charge in [0.05, 0.1) is 0 Å². The molecule has 0 bridgehead atoms. The second-order valence-electron chi connectivity index (χ2n) is 16.8. The Morgan fingerprint density at radius 1 is 0.609 bits per heavy atom. The topological polar surface area (TPSA) is 74.6 Å². The lowest BCUT2D eigenvalue weighted by atomic mass is 9.49. The van der Waals surface area contributed by atoms with Gasteiger partial charge in [-0.1, -0.05) is 36.8 Å². The number of terminal acetylenes is 2. The van der Waals surface area contributed by atoms with Crippen molar-refractivity contribution in [2.45, 2.75) is 141 Å². The summed E-state index contributed by atoms with van der Waals surface area (Å²) < 4.78 is 0. The van der Waals surface area contributed by atoms with Gasteiger partial charge in [-0.05, 0) is 162 Å². The summed E-state index contributed by atoms with van der Waals surface area (Å²) in [6.45, 7) is 4.43. The lowest BCUT2D eigenvalue weighted by Crippen LogP contribution is -2.53. The van der Waals surface area contributed by atoms with Gasteiger partial charge in [-0.3, -0.25) is 9.59 Å². The van der Waals surface area contributed by atoms with Crippen LogP contribution in [0.15, 0.2) is 23.3 Å². The van der Waals surface area contributed by atoms with E-state index in [2.05, 4.69) is 25.7 Å². The average molecular weight is 625 g/mol. The molecule has 0 aromatic carbocycles. The third kappa shape index (κ3) is 4.56. The first-order chi connectivity index (χ1) is 22.1. The maximum atomic E-state index is 11.8. The summed E-state index contributed by atoms with van der Waals surface area (Å²) in [5.41, 5.74) is 0.948. The number of hydrogen-bond donors (Lipinski definition) is 2. The van der Waals surface area contributed by atoms with Gasteiger partial charge >= 0.3 is 0 Å². The lowest BCUT2D eigenvalue weighted by Gasteiger charge is -2.55. The molecule has 46 heavy (non-hydrogen) atoms. The zero-order valence-corrected chi connectivity index (χ0v) is 28.4. The predicted octanol–water partition coefficient (Wildman–Crippen LogP) is 7.77. The van der Waals surface area contributed by atoms with Crippen molar-refractivity contribution in [1.29, 1.82) is 0 Å². The zero-order valence-electron chi connectivity index (χ0n) is 28.4. The van der Waals surface area contributed by atoms with Crippen LogP contribution in [0.2, 0.25) is 0 Å². The molecule has 248 valence electrons. The summed E-state index contributed by atoms with van der Waals surface area (Å²) in [6.07, 6.45) is 33.8. The summed E-state index contributed by atoms with van der Waals surface area (Å²) in [4.78, 5) is 23.5. The van der Waals surface area contributed by atoms with Crippen LogP contribution in [-0.4, -0.2) is 33.0 Å². The van der Waals surface area contributed by atoms with Gasteiger partial charge < -0.3 is 10.2 Å². The first kappa shape index (κ1) is 32.4. The average Bonchev–Trinajstić information content (AvgIpc) is 3.56. The molecule has 0 aromatic heterocycles. The highest BCUT2D eigenvalue weighted by atomic mass is 16.3. The molecule has 6 fully saturated rings. The van der Waals surface area contributed by atoms with Crippen LogP contribution in [0.5, 0.6) is 0 Å². The number of fused-ring (bicyclic) bond motifs is 10. The minimum Gasteiger partial charge on any atom is -0.377 e. The van der Waals surface area contributed by atoms with Crippen LogP contribution in [0.3, 0.4) is 0 Å². The van der Waals surface area contributed by atoms with Crippen LogP contribution in [0.25, 0.3) is 0 Å². The van der Waals surface area contributed by atoms with Crippen molar-refractivity contribution in [2.75, 3.05) is 0 Å². The van der Waals surface area contributed by atoms with Crippen LogP contribution in [-0.2, 0) is 9.59 Å². The lowest BCUT2D eigenvalue weighted by molar-refractivity contribution is -0.118. The largest absolute Gasteiger partial charge is 0.377 e. The van der Waals surface area contributed by atoms with Crippen molar-refractivity contribution < 1.29 is 19.8 Å². The molecule has 0 aromatic rings. The van der Waals surface area contributed by atoms with E-state index in [0.717, 1.165) is 89.9 Å². The molecule has 0 amide bonds. The molecular formula is C42H56O4. The number of carbonyl (C=O) groups excluding carboxylic acids is 2. The van der Waals surface area contributed by atoms with Gasteiger partial charge in [-0.2, -0.15) is 0 Å². The molecule has 12 unspecified atom stereocenters. The quantitative estimate of drug-likeness (QED) is 0.308. The van der Waals surface area contributed by atoms with E-state index in [9.17, 15) is 19.8 Å². The smallest absolute Gasteiger partial charge is 0.155 e. The van der Waals surface area contributed by atoms with Gasteiger partial charge in [-0.25, -0.2) is 0 Å². The molecule has 12 atom stereocenters. The Balaban J connectivity index is 0.000000147. The Kier molecular flexibility index (Phi) is 8.30. The van der Waals surface area contributed by atoms with Crippen molar-refractivity contribution in [2.24, 2.45) is 58.2 Å². The first-order valence-electron chi connectivity index (χ1n) is 19.0. The summed E-state index contributed by atoms with van der Waals surface area (Å²) in [5.74, 6) is 11.5. The third-order valence-corrected chi connectivity index (χ3v) is 16.0. The summed E-state index contributed by atoms with van der Waals surface area (Å²) >= 11 is 0. The fourth-order valence-corrected chi connectivity index (χ4v) is 13.9. The van der Waals surface area contributed by atoms with Crippen LogP contribution in [0.4, 0.5) is 0 Å². The molecule has 8 rings (SSSR count). The highest BCUT2D eigenvalue weighted by Gasteiger charge is 2.64. The minimum atomic E-state index is -0.893. The van der Waals surface area contributed by atoms with Crippen molar-refractivity contribution >= 4 is 11.6 Å².